The van der Waals surface area contributed by atoms with Crippen molar-refractivity contribution in [3.8, 4) is 5.75 Å². The zero-order valence-corrected chi connectivity index (χ0v) is 17.4. The molecule has 0 bridgehead atoms. The molecule has 1 aromatic heterocycles. The minimum atomic E-state index is -0.449. The van der Waals surface area contributed by atoms with E-state index in [0.717, 1.165) is 11.1 Å². The molecule has 5 nitrogen and oxygen atoms in total. The highest BCUT2D eigenvalue weighted by Gasteiger charge is 2.26. The Morgan fingerprint density at radius 2 is 1.44 bits per heavy atom. The van der Waals surface area contributed by atoms with Crippen LogP contribution in [0.15, 0.2) is 114 Å². The molecule has 0 saturated heterocycles. The Hall–Kier alpha value is -4.25. The molecule has 4 rings (SSSR count). The van der Waals surface area contributed by atoms with Gasteiger partial charge in [-0.25, -0.2) is 0 Å². The molecular formula is C27H23N3O2. The summed E-state index contributed by atoms with van der Waals surface area (Å²) in [4.78, 5) is 22.0. The fraction of sp³-hybridized carbons (Fsp3) is 0.0741. The Balaban J connectivity index is 1.76. The molecule has 0 aliphatic carbocycles. The summed E-state index contributed by atoms with van der Waals surface area (Å²) in [6.45, 7) is 0. The fourth-order valence-corrected chi connectivity index (χ4v) is 3.49. The molecule has 2 atom stereocenters. The monoisotopic (exact) mass is 421 g/mol. The Morgan fingerprint density at radius 1 is 0.812 bits per heavy atom. The average molecular weight is 422 g/mol. The number of phenolic OH excluding ortho intramolecular Hbond substituents is 1. The quantitative estimate of drug-likeness (QED) is 0.407. The summed E-state index contributed by atoms with van der Waals surface area (Å²) in [6.07, 6.45) is 3.24. The van der Waals surface area contributed by atoms with E-state index >= 15 is 0 Å². The lowest BCUT2D eigenvalue weighted by Gasteiger charge is -2.26. The van der Waals surface area contributed by atoms with Crippen LogP contribution in [0.1, 0.15) is 39.3 Å². The zero-order valence-electron chi connectivity index (χ0n) is 17.4. The number of rotatable bonds is 7. The lowest BCUT2D eigenvalue weighted by atomic mass is 9.93. The van der Waals surface area contributed by atoms with Crippen LogP contribution in [-0.4, -0.2) is 22.2 Å². The Morgan fingerprint density at radius 3 is 2.09 bits per heavy atom. The van der Waals surface area contributed by atoms with Crippen LogP contribution >= 0.6 is 0 Å². The third-order valence-corrected chi connectivity index (χ3v) is 5.11. The molecule has 1 heterocycles. The van der Waals surface area contributed by atoms with Gasteiger partial charge in [-0.05, 0) is 35.4 Å². The molecule has 0 fully saturated rings. The van der Waals surface area contributed by atoms with Crippen molar-refractivity contribution >= 4 is 12.1 Å². The number of phenols is 1. The number of nitrogens with zero attached hydrogens (tertiary/aromatic N) is 2. The number of hydrogen-bond donors (Lipinski definition) is 2. The summed E-state index contributed by atoms with van der Waals surface area (Å²) in [5, 5.41) is 13.3. The van der Waals surface area contributed by atoms with Crippen LogP contribution in [0.2, 0.25) is 0 Å². The van der Waals surface area contributed by atoms with Crippen LogP contribution in [-0.2, 0) is 0 Å². The lowest BCUT2D eigenvalue weighted by molar-refractivity contribution is 0.0925. The summed E-state index contributed by atoms with van der Waals surface area (Å²) in [7, 11) is 0. The third-order valence-electron chi connectivity index (χ3n) is 5.11. The van der Waals surface area contributed by atoms with Crippen molar-refractivity contribution in [1.29, 1.82) is 0 Å². The lowest BCUT2D eigenvalue weighted by Crippen LogP contribution is -2.32. The Labute approximate surface area is 187 Å². The van der Waals surface area contributed by atoms with E-state index in [0.29, 0.717) is 11.3 Å². The maximum atomic E-state index is 13.0. The van der Waals surface area contributed by atoms with Gasteiger partial charge in [0.05, 0.1) is 12.1 Å². The molecule has 0 radical (unpaired) electrons. The second-order valence-electron chi connectivity index (χ2n) is 7.27. The highest BCUT2D eigenvalue weighted by Crippen LogP contribution is 2.33. The van der Waals surface area contributed by atoms with Gasteiger partial charge < -0.3 is 10.4 Å². The molecule has 0 aliphatic heterocycles. The number of amides is 1. The number of hydrogen-bond acceptors (Lipinski definition) is 4. The predicted octanol–water partition coefficient (Wildman–Crippen LogP) is 5.12. The summed E-state index contributed by atoms with van der Waals surface area (Å²) in [6, 6.07) is 30.9. The number of pyridine rings is 1. The van der Waals surface area contributed by atoms with Crippen LogP contribution in [0, 0.1) is 0 Å². The van der Waals surface area contributed by atoms with E-state index < -0.39 is 12.1 Å². The average Bonchev–Trinajstić information content (AvgIpc) is 2.86. The Bertz CT molecular complexity index is 1180. The highest BCUT2D eigenvalue weighted by molar-refractivity contribution is 5.92. The molecule has 32 heavy (non-hydrogen) atoms. The molecule has 0 spiro atoms. The number of para-hydroxylation sites is 1. The van der Waals surface area contributed by atoms with Crippen LogP contribution in [0.3, 0.4) is 0 Å². The van der Waals surface area contributed by atoms with Crippen molar-refractivity contribution in [3.05, 3.63) is 132 Å². The molecule has 5 heteroatoms. The first-order chi connectivity index (χ1) is 15.7. The molecule has 0 aliphatic rings. The van der Waals surface area contributed by atoms with Gasteiger partial charge in [0.1, 0.15) is 11.4 Å². The van der Waals surface area contributed by atoms with Gasteiger partial charge in [0.15, 0.2) is 0 Å². The fourth-order valence-electron chi connectivity index (χ4n) is 3.49. The van der Waals surface area contributed by atoms with Gasteiger partial charge >= 0.3 is 0 Å². The number of carbonyl (C=O) groups excluding carboxylic acids is 1. The second-order valence-corrected chi connectivity index (χ2v) is 7.27. The number of aliphatic imine (C=N–C) groups is 1. The maximum absolute atomic E-state index is 13.0. The molecular weight excluding hydrogens is 398 g/mol. The third kappa shape index (κ3) is 5.08. The minimum absolute atomic E-state index is 0.150. The molecule has 0 unspecified atom stereocenters. The van der Waals surface area contributed by atoms with E-state index in [1.165, 1.54) is 0 Å². The first-order valence-corrected chi connectivity index (χ1v) is 10.4. The molecule has 4 aromatic rings. The van der Waals surface area contributed by atoms with E-state index in [-0.39, 0.29) is 11.7 Å². The molecule has 2 N–H and O–H groups in total. The van der Waals surface area contributed by atoms with Crippen molar-refractivity contribution in [2.24, 2.45) is 4.99 Å². The summed E-state index contributed by atoms with van der Waals surface area (Å²) in [5.41, 5.74) is 2.80. The minimum Gasteiger partial charge on any atom is -0.507 e. The molecule has 158 valence electrons. The maximum Gasteiger partial charge on any atom is 0.270 e. The first kappa shape index (κ1) is 21.0. The Kier molecular flexibility index (Phi) is 6.68. The smallest absolute Gasteiger partial charge is 0.270 e. The van der Waals surface area contributed by atoms with Gasteiger partial charge in [-0.3, -0.25) is 14.8 Å². The SMILES string of the molecule is O=C(N[C@H](c1ccccc1)[C@H](N=Cc1ccccc1O)c1ccccc1)c1ccccn1. The van der Waals surface area contributed by atoms with E-state index in [1.54, 1.807) is 48.8 Å². The van der Waals surface area contributed by atoms with E-state index in [9.17, 15) is 9.90 Å². The normalized spacial score (nSPS) is 12.9. The van der Waals surface area contributed by atoms with Gasteiger partial charge in [-0.2, -0.15) is 0 Å². The topological polar surface area (TPSA) is 74.6 Å². The van der Waals surface area contributed by atoms with Crippen LogP contribution < -0.4 is 5.32 Å². The number of aromatic nitrogens is 1. The van der Waals surface area contributed by atoms with Gasteiger partial charge in [-0.15, -0.1) is 0 Å². The largest absolute Gasteiger partial charge is 0.507 e. The first-order valence-electron chi connectivity index (χ1n) is 10.4. The molecule has 1 amide bonds. The van der Waals surface area contributed by atoms with Gasteiger partial charge in [0.25, 0.3) is 5.91 Å². The van der Waals surface area contributed by atoms with Crippen molar-refractivity contribution in [3.63, 3.8) is 0 Å². The van der Waals surface area contributed by atoms with Gasteiger partial charge in [0, 0.05) is 18.0 Å². The van der Waals surface area contributed by atoms with Gasteiger partial charge in [-0.1, -0.05) is 78.9 Å². The second kappa shape index (κ2) is 10.2. The molecule has 3 aromatic carbocycles. The summed E-state index contributed by atoms with van der Waals surface area (Å²) >= 11 is 0. The van der Waals surface area contributed by atoms with Crippen molar-refractivity contribution in [1.82, 2.24) is 10.3 Å². The molecule has 0 saturated carbocycles. The van der Waals surface area contributed by atoms with Gasteiger partial charge in [0.2, 0.25) is 0 Å². The van der Waals surface area contributed by atoms with E-state index in [1.807, 2.05) is 66.7 Å². The predicted molar refractivity (Wildman–Crippen MR) is 126 cm³/mol. The van der Waals surface area contributed by atoms with E-state index in [2.05, 4.69) is 10.3 Å². The summed E-state index contributed by atoms with van der Waals surface area (Å²) in [5.74, 6) is -0.130. The summed E-state index contributed by atoms with van der Waals surface area (Å²) < 4.78 is 0. The van der Waals surface area contributed by atoms with Crippen LogP contribution in [0.25, 0.3) is 0 Å². The highest BCUT2D eigenvalue weighted by atomic mass is 16.3. The van der Waals surface area contributed by atoms with Crippen molar-refractivity contribution in [2.75, 3.05) is 0 Å². The number of nitrogens with one attached hydrogen (secondary N) is 1. The zero-order chi connectivity index (χ0) is 22.2. The van der Waals surface area contributed by atoms with Crippen molar-refractivity contribution in [2.45, 2.75) is 12.1 Å². The number of carbonyl (C=O) groups is 1. The number of benzene rings is 3. The van der Waals surface area contributed by atoms with E-state index in [4.69, 9.17) is 4.99 Å². The van der Waals surface area contributed by atoms with Crippen molar-refractivity contribution < 1.29 is 9.90 Å². The standard InChI is InChI=1S/C27H23N3O2/c31-24-17-8-7-15-22(24)19-29-25(20-11-3-1-4-12-20)26(21-13-5-2-6-14-21)30-27(32)23-16-9-10-18-28-23/h1-19,25-26,31H,(H,30,32)/t25-,26-/m1/s1. The number of aromatic hydroxyl groups is 1. The van der Waals surface area contributed by atoms with Crippen LogP contribution in [0.5, 0.6) is 5.75 Å². The van der Waals surface area contributed by atoms with Crippen LogP contribution in [0.4, 0.5) is 0 Å².